The third kappa shape index (κ3) is 5.93. The molecule has 0 amide bonds. The topological polar surface area (TPSA) is 89.6 Å². The van der Waals surface area contributed by atoms with Crippen molar-refractivity contribution in [1.82, 2.24) is 19.1 Å². The van der Waals surface area contributed by atoms with Crippen molar-refractivity contribution in [1.29, 1.82) is 0 Å². The summed E-state index contributed by atoms with van der Waals surface area (Å²) in [5.41, 5.74) is 3.28. The molecule has 4 aromatic rings. The van der Waals surface area contributed by atoms with E-state index in [2.05, 4.69) is 9.97 Å². The molecule has 0 aliphatic heterocycles. The average Bonchev–Trinajstić information content (AvgIpc) is 3.67. The van der Waals surface area contributed by atoms with E-state index >= 15 is 0 Å². The van der Waals surface area contributed by atoms with Crippen molar-refractivity contribution in [2.75, 3.05) is 14.2 Å². The molecule has 2 aromatic carbocycles. The van der Waals surface area contributed by atoms with E-state index in [1.165, 1.54) is 0 Å². The van der Waals surface area contributed by atoms with Crippen LogP contribution in [0.15, 0.2) is 72.3 Å². The van der Waals surface area contributed by atoms with Crippen molar-refractivity contribution in [3.05, 3.63) is 95.1 Å². The van der Waals surface area contributed by atoms with Gasteiger partial charge >= 0.3 is 0 Å². The van der Waals surface area contributed by atoms with Gasteiger partial charge in [0.25, 0.3) is 0 Å². The summed E-state index contributed by atoms with van der Waals surface area (Å²) in [6.45, 7) is 4.50. The lowest BCUT2D eigenvalue weighted by Crippen LogP contribution is -2.06. The minimum Gasteiger partial charge on any atom is -0.493 e. The van der Waals surface area contributed by atoms with Crippen LogP contribution in [0.1, 0.15) is 35.6 Å². The molecule has 9 heteroatoms. The fraction of sp³-hybridized carbons (Fsp3) is 0.258. The minimum atomic E-state index is 0.0461. The van der Waals surface area contributed by atoms with Crippen LogP contribution in [-0.4, -0.2) is 39.1 Å². The van der Waals surface area contributed by atoms with Crippen LogP contribution in [0.2, 0.25) is 0 Å². The average molecular weight is 541 g/mol. The fourth-order valence-corrected chi connectivity index (χ4v) is 4.53. The van der Waals surface area contributed by atoms with Crippen molar-refractivity contribution >= 4 is 17.9 Å². The summed E-state index contributed by atoms with van der Waals surface area (Å²) in [7, 11) is 3.21. The van der Waals surface area contributed by atoms with Crippen LogP contribution in [-0.2, 0) is 18.3 Å². The maximum absolute atomic E-state index is 13.2. The van der Waals surface area contributed by atoms with E-state index < -0.39 is 0 Å². The number of allylic oxidation sites excluding steroid dienone is 2. The first-order valence-corrected chi connectivity index (χ1v) is 13.0. The van der Waals surface area contributed by atoms with Gasteiger partial charge in [-0.05, 0) is 74.2 Å². The zero-order valence-corrected chi connectivity index (χ0v) is 23.1. The molecule has 0 N–H and O–H groups in total. The van der Waals surface area contributed by atoms with E-state index in [0.717, 1.165) is 33.9 Å². The van der Waals surface area contributed by atoms with Crippen LogP contribution in [0.5, 0.6) is 23.0 Å². The van der Waals surface area contributed by atoms with Crippen LogP contribution in [0, 0.1) is 13.8 Å². The first kappa shape index (κ1) is 26.8. The Labute approximate surface area is 233 Å². The van der Waals surface area contributed by atoms with Crippen LogP contribution in [0.3, 0.4) is 0 Å². The zero-order valence-electron chi connectivity index (χ0n) is 23.1. The number of aryl methyl sites for hydroxylation is 2. The lowest BCUT2D eigenvalue weighted by atomic mass is 10.1. The molecule has 1 saturated carbocycles. The predicted octanol–water partition coefficient (Wildman–Crippen LogP) is 5.62. The second-order valence-corrected chi connectivity index (χ2v) is 9.42. The molecule has 1 aliphatic carbocycles. The predicted molar refractivity (Wildman–Crippen MR) is 151 cm³/mol. The van der Waals surface area contributed by atoms with Crippen molar-refractivity contribution in [3.8, 4) is 23.0 Å². The van der Waals surface area contributed by atoms with Gasteiger partial charge in [0.1, 0.15) is 11.6 Å². The molecule has 2 aromatic heterocycles. The van der Waals surface area contributed by atoms with Gasteiger partial charge in [0, 0.05) is 35.9 Å². The van der Waals surface area contributed by atoms with E-state index in [9.17, 15) is 4.79 Å². The summed E-state index contributed by atoms with van der Waals surface area (Å²) >= 11 is 0. The Bertz CT molecular complexity index is 1460. The Kier molecular flexibility index (Phi) is 8.00. The number of nitrogens with zero attached hydrogens (tertiary/aromatic N) is 4. The number of hydrogen-bond donors (Lipinski definition) is 0. The minimum absolute atomic E-state index is 0.0461. The van der Waals surface area contributed by atoms with Crippen LogP contribution >= 0.6 is 0 Å². The van der Waals surface area contributed by atoms with Crippen molar-refractivity contribution in [3.63, 3.8) is 0 Å². The van der Waals surface area contributed by atoms with E-state index in [0.29, 0.717) is 49.3 Å². The largest absolute Gasteiger partial charge is 0.493 e. The zero-order chi connectivity index (χ0) is 28.1. The van der Waals surface area contributed by atoms with Gasteiger partial charge in [0.15, 0.2) is 42.2 Å². The fourth-order valence-electron chi connectivity index (χ4n) is 4.53. The molecule has 5 rings (SSSR count). The number of carbonyl (C=O) groups is 1. The van der Waals surface area contributed by atoms with E-state index in [-0.39, 0.29) is 5.78 Å². The molecule has 206 valence electrons. The van der Waals surface area contributed by atoms with Gasteiger partial charge in [-0.15, -0.1) is 0 Å². The van der Waals surface area contributed by atoms with E-state index in [1.54, 1.807) is 26.6 Å². The molecule has 1 aliphatic rings. The van der Waals surface area contributed by atoms with Crippen molar-refractivity contribution in [2.45, 2.75) is 40.2 Å². The summed E-state index contributed by atoms with van der Waals surface area (Å²) in [6.07, 6.45) is 12.4. The molecular formula is C31H32N4O5. The lowest BCUT2D eigenvalue weighted by molar-refractivity contribution is -0.111. The van der Waals surface area contributed by atoms with Gasteiger partial charge in [-0.3, -0.25) is 4.79 Å². The number of ketones is 1. The third-order valence-electron chi connectivity index (χ3n) is 6.87. The lowest BCUT2D eigenvalue weighted by Gasteiger charge is -2.13. The second-order valence-electron chi connectivity index (χ2n) is 9.42. The summed E-state index contributed by atoms with van der Waals surface area (Å²) in [4.78, 5) is 21.6. The molecule has 0 unspecified atom stereocenters. The molecule has 40 heavy (non-hydrogen) atoms. The maximum Gasteiger partial charge on any atom is 0.185 e. The number of Topliss-reactive ketones (excluding diaryl/α,β-unsaturated/α-hetero) is 1. The Hall–Kier alpha value is -4.79. The molecule has 2 heterocycles. The van der Waals surface area contributed by atoms with Crippen molar-refractivity contribution in [2.24, 2.45) is 0 Å². The molecule has 0 radical (unpaired) electrons. The molecular weight excluding hydrogens is 508 g/mol. The molecule has 0 bridgehead atoms. The van der Waals surface area contributed by atoms with Crippen molar-refractivity contribution < 1.29 is 23.7 Å². The first-order chi connectivity index (χ1) is 19.4. The number of methoxy groups -OCH3 is 2. The molecule has 0 spiro atoms. The second kappa shape index (κ2) is 11.9. The highest BCUT2D eigenvalue weighted by molar-refractivity contribution is 6.15. The quantitative estimate of drug-likeness (QED) is 0.241. The number of ether oxygens (including phenoxy) is 4. The Morgan fingerprint density at radius 1 is 0.725 bits per heavy atom. The van der Waals surface area contributed by atoms with Crippen LogP contribution in [0.25, 0.3) is 12.2 Å². The molecule has 1 fully saturated rings. The normalized spacial score (nSPS) is 15.2. The number of benzene rings is 2. The van der Waals surface area contributed by atoms with Gasteiger partial charge in [0.05, 0.1) is 14.2 Å². The summed E-state index contributed by atoms with van der Waals surface area (Å²) in [6, 6.07) is 11.3. The summed E-state index contributed by atoms with van der Waals surface area (Å²) in [5.74, 6) is 4.23. The van der Waals surface area contributed by atoms with Gasteiger partial charge in [-0.2, -0.15) is 0 Å². The highest BCUT2D eigenvalue weighted by atomic mass is 16.5. The Morgan fingerprint density at radius 2 is 1.18 bits per heavy atom. The third-order valence-corrected chi connectivity index (χ3v) is 6.87. The smallest absolute Gasteiger partial charge is 0.185 e. The Morgan fingerprint density at radius 3 is 1.55 bits per heavy atom. The van der Waals surface area contributed by atoms with Gasteiger partial charge < -0.3 is 28.1 Å². The number of aromatic nitrogens is 4. The first-order valence-electron chi connectivity index (χ1n) is 13.0. The number of imidazole rings is 2. The standard InChI is InChI=1S/C31H32N4O5/c1-21-32-11-13-34(21)19-39-27-9-5-23(17-29(27)37-3)15-25-7-8-26(31(25)36)16-24-6-10-28(30(18-24)38-4)40-20-35-14-12-33-22(35)2/h5-6,9-18H,7-8,19-20H2,1-4H3/b25-15+,26-16+. The van der Waals surface area contributed by atoms with Crippen LogP contribution in [0.4, 0.5) is 0 Å². The highest BCUT2D eigenvalue weighted by Crippen LogP contribution is 2.34. The van der Waals surface area contributed by atoms with Gasteiger partial charge in [0.2, 0.25) is 0 Å². The monoisotopic (exact) mass is 540 g/mol. The number of carbonyl (C=O) groups excluding carboxylic acids is 1. The van der Waals surface area contributed by atoms with Gasteiger partial charge in [-0.1, -0.05) is 12.1 Å². The summed E-state index contributed by atoms with van der Waals surface area (Å²) < 4.78 is 26.8. The number of rotatable bonds is 10. The SMILES string of the molecule is COc1cc(/C=C2\CC/C(=C\c3ccc(OCn4ccnc4C)c(OC)c3)C2=O)ccc1OCn1ccnc1C. The molecule has 0 saturated heterocycles. The number of hydrogen-bond acceptors (Lipinski definition) is 7. The maximum atomic E-state index is 13.2. The van der Waals surface area contributed by atoms with E-state index in [1.807, 2.05) is 83.9 Å². The molecule has 0 atom stereocenters. The highest BCUT2D eigenvalue weighted by Gasteiger charge is 2.23. The van der Waals surface area contributed by atoms with Gasteiger partial charge in [-0.25, -0.2) is 9.97 Å². The van der Waals surface area contributed by atoms with Crippen LogP contribution < -0.4 is 18.9 Å². The summed E-state index contributed by atoms with van der Waals surface area (Å²) in [5, 5.41) is 0. The molecule has 9 nitrogen and oxygen atoms in total. The van der Waals surface area contributed by atoms with E-state index in [4.69, 9.17) is 18.9 Å². The Balaban J connectivity index is 1.27.